The van der Waals surface area contributed by atoms with Gasteiger partial charge in [0.05, 0.1) is 15.9 Å². The van der Waals surface area contributed by atoms with Gasteiger partial charge in [-0.05, 0) is 24.1 Å². The summed E-state index contributed by atoms with van der Waals surface area (Å²) in [5.74, 6) is 0.379. The number of H-pyrrole nitrogens is 1. The van der Waals surface area contributed by atoms with E-state index in [0.29, 0.717) is 24.3 Å². The first-order chi connectivity index (χ1) is 12.1. The number of ether oxygens (including phenoxy) is 1. The molecule has 0 saturated heterocycles. The average molecular weight is 400 g/mol. The molecule has 0 aliphatic heterocycles. The standard InChI is InChI=1S/C20H18BrNO3/c1-2-16(21)19(23)15-11-14-9-6-10-17(18(14)22-20(15)24)25-12-13-7-4-3-5-8-13/h3-11,16H,2,12H2,1H3,(H,22,24). The van der Waals surface area contributed by atoms with Crippen LogP contribution in [0.4, 0.5) is 0 Å². The van der Waals surface area contributed by atoms with E-state index in [1.54, 1.807) is 6.07 Å². The van der Waals surface area contributed by atoms with Crippen molar-refractivity contribution in [3.05, 3.63) is 76.1 Å². The molecule has 3 aromatic rings. The van der Waals surface area contributed by atoms with Crippen molar-refractivity contribution in [1.82, 2.24) is 4.98 Å². The van der Waals surface area contributed by atoms with Crippen LogP contribution in [-0.4, -0.2) is 15.6 Å². The number of para-hydroxylation sites is 1. The zero-order valence-electron chi connectivity index (χ0n) is 13.8. The molecule has 25 heavy (non-hydrogen) atoms. The van der Waals surface area contributed by atoms with Crippen molar-refractivity contribution >= 4 is 32.6 Å². The molecule has 0 radical (unpaired) electrons. The second-order valence-corrected chi connectivity index (χ2v) is 6.85. The highest BCUT2D eigenvalue weighted by molar-refractivity contribution is 9.10. The number of hydrogen-bond acceptors (Lipinski definition) is 3. The summed E-state index contributed by atoms with van der Waals surface area (Å²) in [5.41, 5.74) is 1.41. The number of hydrogen-bond donors (Lipinski definition) is 1. The van der Waals surface area contributed by atoms with Gasteiger partial charge in [-0.15, -0.1) is 0 Å². The zero-order valence-corrected chi connectivity index (χ0v) is 15.4. The maximum atomic E-state index is 12.4. The molecule has 1 N–H and O–H groups in total. The number of pyridine rings is 1. The van der Waals surface area contributed by atoms with Crippen LogP contribution in [0, 0.1) is 0 Å². The van der Waals surface area contributed by atoms with Crippen molar-refractivity contribution in [2.24, 2.45) is 0 Å². The van der Waals surface area contributed by atoms with Crippen LogP contribution in [0.25, 0.3) is 10.9 Å². The second kappa shape index (κ2) is 7.66. The lowest BCUT2D eigenvalue weighted by Gasteiger charge is -2.11. The van der Waals surface area contributed by atoms with Crippen LogP contribution in [-0.2, 0) is 6.61 Å². The Bertz CT molecular complexity index is 950. The molecule has 1 heterocycles. The van der Waals surface area contributed by atoms with Crippen LogP contribution in [0.1, 0.15) is 29.3 Å². The fourth-order valence-corrected chi connectivity index (χ4v) is 2.84. The van der Waals surface area contributed by atoms with Gasteiger partial charge in [-0.3, -0.25) is 9.59 Å². The largest absolute Gasteiger partial charge is 0.487 e. The number of aromatic amines is 1. The van der Waals surface area contributed by atoms with Gasteiger partial charge in [0.1, 0.15) is 12.4 Å². The van der Waals surface area contributed by atoms with Crippen LogP contribution in [0.2, 0.25) is 0 Å². The van der Waals surface area contributed by atoms with Gasteiger partial charge in [0.15, 0.2) is 5.78 Å². The van der Waals surface area contributed by atoms with Crippen molar-refractivity contribution in [2.75, 3.05) is 0 Å². The van der Waals surface area contributed by atoms with Crippen molar-refractivity contribution in [3.63, 3.8) is 0 Å². The van der Waals surface area contributed by atoms with E-state index < -0.39 is 5.56 Å². The molecule has 128 valence electrons. The molecule has 1 unspecified atom stereocenters. The lowest BCUT2D eigenvalue weighted by molar-refractivity contribution is 0.0989. The molecular formula is C20H18BrNO3. The Morgan fingerprint density at radius 2 is 1.92 bits per heavy atom. The molecule has 0 bridgehead atoms. The third-order valence-electron chi connectivity index (χ3n) is 3.99. The Morgan fingerprint density at radius 1 is 1.16 bits per heavy atom. The van der Waals surface area contributed by atoms with Gasteiger partial charge in [0.25, 0.3) is 5.56 Å². The predicted molar refractivity (Wildman–Crippen MR) is 103 cm³/mol. The van der Waals surface area contributed by atoms with E-state index in [1.807, 2.05) is 55.5 Å². The first-order valence-electron chi connectivity index (χ1n) is 8.11. The molecule has 0 saturated carbocycles. The number of carbonyl (C=O) groups excluding carboxylic acids is 1. The number of aromatic nitrogens is 1. The molecular weight excluding hydrogens is 382 g/mol. The fourth-order valence-electron chi connectivity index (χ4n) is 2.60. The molecule has 0 spiro atoms. The Balaban J connectivity index is 1.95. The van der Waals surface area contributed by atoms with Gasteiger partial charge in [0, 0.05) is 5.39 Å². The maximum Gasteiger partial charge on any atom is 0.259 e. The first kappa shape index (κ1) is 17.4. The molecule has 1 aromatic heterocycles. The lowest BCUT2D eigenvalue weighted by atomic mass is 10.1. The lowest BCUT2D eigenvalue weighted by Crippen LogP contribution is -2.23. The Morgan fingerprint density at radius 3 is 2.64 bits per heavy atom. The highest BCUT2D eigenvalue weighted by Gasteiger charge is 2.19. The van der Waals surface area contributed by atoms with E-state index in [-0.39, 0.29) is 16.2 Å². The van der Waals surface area contributed by atoms with Crippen LogP contribution >= 0.6 is 15.9 Å². The smallest absolute Gasteiger partial charge is 0.259 e. The molecule has 4 nitrogen and oxygen atoms in total. The van der Waals surface area contributed by atoms with E-state index in [4.69, 9.17) is 4.74 Å². The highest BCUT2D eigenvalue weighted by atomic mass is 79.9. The topological polar surface area (TPSA) is 59.2 Å². The number of fused-ring (bicyclic) bond motifs is 1. The van der Waals surface area contributed by atoms with Gasteiger partial charge in [0.2, 0.25) is 0 Å². The minimum atomic E-state index is -0.397. The molecule has 2 aromatic carbocycles. The van der Waals surface area contributed by atoms with Gasteiger partial charge >= 0.3 is 0 Å². The van der Waals surface area contributed by atoms with Gasteiger partial charge in [-0.2, -0.15) is 0 Å². The van der Waals surface area contributed by atoms with E-state index in [0.717, 1.165) is 10.9 Å². The van der Waals surface area contributed by atoms with Crippen molar-refractivity contribution in [3.8, 4) is 5.75 Å². The third-order valence-corrected chi connectivity index (χ3v) is 5.05. The summed E-state index contributed by atoms with van der Waals surface area (Å²) in [6.07, 6.45) is 0.622. The number of nitrogens with one attached hydrogen (secondary N) is 1. The molecule has 3 rings (SSSR count). The minimum Gasteiger partial charge on any atom is -0.487 e. The Kier molecular flexibility index (Phi) is 5.34. The molecule has 0 fully saturated rings. The number of ketones is 1. The Labute approximate surface area is 154 Å². The number of carbonyl (C=O) groups is 1. The summed E-state index contributed by atoms with van der Waals surface area (Å²) in [4.78, 5) is 27.1. The number of alkyl halides is 1. The normalized spacial score (nSPS) is 12.1. The van der Waals surface area contributed by atoms with Crippen LogP contribution in [0.5, 0.6) is 5.75 Å². The van der Waals surface area contributed by atoms with E-state index in [1.165, 1.54) is 0 Å². The monoisotopic (exact) mass is 399 g/mol. The summed E-state index contributed by atoms with van der Waals surface area (Å²) in [6.45, 7) is 2.30. The summed E-state index contributed by atoms with van der Waals surface area (Å²) < 4.78 is 5.86. The van der Waals surface area contributed by atoms with Gasteiger partial charge < -0.3 is 9.72 Å². The number of halogens is 1. The molecule has 1 atom stereocenters. The predicted octanol–water partition coefficient (Wildman–Crippen LogP) is 4.46. The van der Waals surface area contributed by atoms with Gasteiger partial charge in [-0.25, -0.2) is 0 Å². The van der Waals surface area contributed by atoms with E-state index in [2.05, 4.69) is 20.9 Å². The third kappa shape index (κ3) is 3.82. The van der Waals surface area contributed by atoms with Crippen molar-refractivity contribution < 1.29 is 9.53 Å². The summed E-state index contributed by atoms with van der Waals surface area (Å²) >= 11 is 3.32. The number of benzene rings is 2. The summed E-state index contributed by atoms with van der Waals surface area (Å²) in [5, 5.41) is 0.768. The average Bonchev–Trinajstić information content (AvgIpc) is 2.65. The molecule has 5 heteroatoms. The molecule has 0 amide bonds. The maximum absolute atomic E-state index is 12.4. The first-order valence-corrected chi connectivity index (χ1v) is 9.02. The van der Waals surface area contributed by atoms with Crippen molar-refractivity contribution in [1.29, 1.82) is 0 Å². The SMILES string of the molecule is CCC(Br)C(=O)c1cc2cccc(OCc3ccccc3)c2[nH]c1=O. The Hall–Kier alpha value is -2.40. The zero-order chi connectivity index (χ0) is 17.8. The number of Topliss-reactive ketones (excluding diaryl/α,β-unsaturated/α-hetero) is 1. The second-order valence-electron chi connectivity index (χ2n) is 5.75. The quantitative estimate of drug-likeness (QED) is 0.491. The van der Waals surface area contributed by atoms with Crippen LogP contribution in [0.3, 0.4) is 0 Å². The highest BCUT2D eigenvalue weighted by Crippen LogP contribution is 2.24. The van der Waals surface area contributed by atoms with Crippen LogP contribution < -0.4 is 10.3 Å². The summed E-state index contributed by atoms with van der Waals surface area (Å²) in [6, 6.07) is 16.9. The van der Waals surface area contributed by atoms with Crippen molar-refractivity contribution in [2.45, 2.75) is 24.8 Å². The molecule has 0 aliphatic carbocycles. The van der Waals surface area contributed by atoms with E-state index >= 15 is 0 Å². The van der Waals surface area contributed by atoms with E-state index in [9.17, 15) is 9.59 Å². The number of rotatable bonds is 6. The summed E-state index contributed by atoms with van der Waals surface area (Å²) in [7, 11) is 0. The van der Waals surface area contributed by atoms with Gasteiger partial charge in [-0.1, -0.05) is 65.3 Å². The van der Waals surface area contributed by atoms with Crippen LogP contribution in [0.15, 0.2) is 59.4 Å². The molecule has 0 aliphatic rings. The fraction of sp³-hybridized carbons (Fsp3) is 0.200. The minimum absolute atomic E-state index is 0.163.